The van der Waals surface area contributed by atoms with Gasteiger partial charge in [0.25, 0.3) is 0 Å². The zero-order valence-electron chi connectivity index (χ0n) is 14.1. The fourth-order valence-electron chi connectivity index (χ4n) is 2.17. The molecule has 0 unspecified atom stereocenters. The van der Waals surface area contributed by atoms with Crippen molar-refractivity contribution in [3.63, 3.8) is 0 Å². The number of rotatable bonds is 5. The van der Waals surface area contributed by atoms with Crippen LogP contribution in [0.25, 0.3) is 6.08 Å². The van der Waals surface area contributed by atoms with Crippen molar-refractivity contribution in [2.45, 2.75) is 26.1 Å². The van der Waals surface area contributed by atoms with Crippen LogP contribution >= 0.6 is 11.6 Å². The van der Waals surface area contributed by atoms with Gasteiger partial charge >= 0.3 is 6.18 Å². The van der Waals surface area contributed by atoms with E-state index >= 15 is 0 Å². The zero-order chi connectivity index (χ0) is 19.3. The Hall–Kier alpha value is -2.47. The topological polar surface area (TPSA) is 38.3 Å². The lowest BCUT2D eigenvalue weighted by atomic mass is 10.1. The van der Waals surface area contributed by atoms with Gasteiger partial charge in [0.1, 0.15) is 5.75 Å². The van der Waals surface area contributed by atoms with Crippen LogP contribution in [0.4, 0.5) is 18.9 Å². The van der Waals surface area contributed by atoms with E-state index in [1.807, 2.05) is 13.8 Å². The van der Waals surface area contributed by atoms with Gasteiger partial charge in [0.05, 0.1) is 17.4 Å². The first-order chi connectivity index (χ1) is 12.1. The Labute approximate surface area is 154 Å². The van der Waals surface area contributed by atoms with Crippen molar-refractivity contribution in [2.75, 3.05) is 5.32 Å². The third kappa shape index (κ3) is 5.81. The molecule has 0 saturated heterocycles. The Morgan fingerprint density at radius 3 is 2.58 bits per heavy atom. The van der Waals surface area contributed by atoms with Gasteiger partial charge in [0.2, 0.25) is 5.91 Å². The summed E-state index contributed by atoms with van der Waals surface area (Å²) < 4.78 is 44.7. The molecule has 0 aromatic heterocycles. The number of carbonyl (C=O) groups excluding carboxylic acids is 1. The third-order valence-electron chi connectivity index (χ3n) is 3.20. The molecule has 2 aromatic carbocycles. The molecular weight excluding hydrogens is 367 g/mol. The van der Waals surface area contributed by atoms with Gasteiger partial charge in [-0.25, -0.2) is 0 Å². The van der Waals surface area contributed by atoms with Gasteiger partial charge in [-0.2, -0.15) is 13.2 Å². The molecule has 2 aromatic rings. The fraction of sp³-hybridized carbons (Fsp3) is 0.211. The van der Waals surface area contributed by atoms with Gasteiger partial charge in [-0.1, -0.05) is 23.7 Å². The highest BCUT2D eigenvalue weighted by atomic mass is 35.5. The number of alkyl halides is 3. The van der Waals surface area contributed by atoms with Crippen LogP contribution in [0, 0.1) is 0 Å². The lowest BCUT2D eigenvalue weighted by Crippen LogP contribution is -2.14. The van der Waals surface area contributed by atoms with Gasteiger partial charge in [0.15, 0.2) is 0 Å². The standard InChI is InChI=1S/C19H17ClF3NO2/c1-12(2)26-15-5-3-4-13(10-15)6-9-18(25)24-17-8-7-14(20)11-16(17)19(21,22)23/h3-12H,1-2H3,(H,24,25)/b9-6+. The van der Waals surface area contributed by atoms with Crippen molar-refractivity contribution in [1.29, 1.82) is 0 Å². The van der Waals surface area contributed by atoms with Crippen LogP contribution in [-0.4, -0.2) is 12.0 Å². The zero-order valence-corrected chi connectivity index (χ0v) is 14.9. The molecule has 0 aliphatic heterocycles. The van der Waals surface area contributed by atoms with Crippen molar-refractivity contribution in [1.82, 2.24) is 0 Å². The molecule has 138 valence electrons. The Morgan fingerprint density at radius 2 is 1.92 bits per heavy atom. The molecule has 0 fully saturated rings. The maximum Gasteiger partial charge on any atom is 0.418 e. The molecule has 1 amide bonds. The predicted molar refractivity (Wildman–Crippen MR) is 96.3 cm³/mol. The van der Waals surface area contributed by atoms with Crippen molar-refractivity contribution in [3.05, 3.63) is 64.7 Å². The monoisotopic (exact) mass is 383 g/mol. The summed E-state index contributed by atoms with van der Waals surface area (Å²) >= 11 is 5.61. The number of nitrogens with one attached hydrogen (secondary N) is 1. The second-order valence-corrected chi connectivity index (χ2v) is 6.19. The number of ether oxygens (including phenoxy) is 1. The van der Waals surface area contributed by atoms with Crippen molar-refractivity contribution in [3.8, 4) is 5.75 Å². The van der Waals surface area contributed by atoms with E-state index in [2.05, 4.69) is 5.32 Å². The summed E-state index contributed by atoms with van der Waals surface area (Å²) in [6.07, 6.45) is -1.97. The second kappa shape index (κ2) is 8.27. The van der Waals surface area contributed by atoms with E-state index in [4.69, 9.17) is 16.3 Å². The summed E-state index contributed by atoms with van der Waals surface area (Å²) in [5.41, 5.74) is -0.669. The Bertz CT molecular complexity index is 817. The summed E-state index contributed by atoms with van der Waals surface area (Å²) in [6, 6.07) is 10.2. The van der Waals surface area contributed by atoms with Gasteiger partial charge in [0, 0.05) is 11.1 Å². The lowest BCUT2D eigenvalue weighted by Gasteiger charge is -2.13. The minimum Gasteiger partial charge on any atom is -0.491 e. The molecule has 7 heteroatoms. The fourth-order valence-corrected chi connectivity index (χ4v) is 2.34. The number of amides is 1. The highest BCUT2D eigenvalue weighted by Crippen LogP contribution is 2.36. The smallest absolute Gasteiger partial charge is 0.418 e. The largest absolute Gasteiger partial charge is 0.491 e. The minimum atomic E-state index is -4.63. The Kier molecular flexibility index (Phi) is 6.32. The maximum absolute atomic E-state index is 13.0. The molecule has 3 nitrogen and oxygen atoms in total. The molecule has 1 N–H and O–H groups in total. The van der Waals surface area contributed by atoms with E-state index in [1.54, 1.807) is 24.3 Å². The Balaban J connectivity index is 2.13. The first-order valence-corrected chi connectivity index (χ1v) is 8.15. The molecule has 0 aliphatic carbocycles. The number of hydrogen-bond acceptors (Lipinski definition) is 2. The van der Waals surface area contributed by atoms with Gasteiger partial charge < -0.3 is 10.1 Å². The maximum atomic E-state index is 13.0. The quantitative estimate of drug-likeness (QED) is 0.663. The molecule has 2 rings (SSSR count). The number of benzene rings is 2. The van der Waals surface area contributed by atoms with E-state index in [0.29, 0.717) is 11.3 Å². The summed E-state index contributed by atoms with van der Waals surface area (Å²) in [5.74, 6) is -0.0485. The van der Waals surface area contributed by atoms with Crippen LogP contribution in [0.3, 0.4) is 0 Å². The van der Waals surface area contributed by atoms with Gasteiger partial charge in [-0.05, 0) is 55.8 Å². The molecule has 26 heavy (non-hydrogen) atoms. The highest BCUT2D eigenvalue weighted by Gasteiger charge is 2.34. The van der Waals surface area contributed by atoms with E-state index < -0.39 is 17.6 Å². The van der Waals surface area contributed by atoms with Gasteiger partial charge in [-0.15, -0.1) is 0 Å². The average molecular weight is 384 g/mol. The summed E-state index contributed by atoms with van der Waals surface area (Å²) in [7, 11) is 0. The van der Waals surface area contributed by atoms with Crippen molar-refractivity contribution >= 4 is 29.3 Å². The predicted octanol–water partition coefficient (Wildman–Crippen LogP) is 5.80. The minimum absolute atomic E-state index is 0.00298. The third-order valence-corrected chi connectivity index (χ3v) is 3.44. The van der Waals surface area contributed by atoms with E-state index in [0.717, 1.165) is 18.2 Å². The first-order valence-electron chi connectivity index (χ1n) is 7.77. The Morgan fingerprint density at radius 1 is 1.19 bits per heavy atom. The lowest BCUT2D eigenvalue weighted by molar-refractivity contribution is -0.136. The van der Waals surface area contributed by atoms with Gasteiger partial charge in [-0.3, -0.25) is 4.79 Å². The number of hydrogen-bond donors (Lipinski definition) is 1. The van der Waals surface area contributed by atoms with Crippen LogP contribution < -0.4 is 10.1 Å². The SMILES string of the molecule is CC(C)Oc1cccc(/C=C/C(=O)Nc2ccc(Cl)cc2C(F)(F)F)c1. The molecular formula is C19H17ClF3NO2. The summed E-state index contributed by atoms with van der Waals surface area (Å²) in [6.45, 7) is 3.78. The number of carbonyl (C=O) groups is 1. The van der Waals surface area contributed by atoms with Crippen LogP contribution in [0.2, 0.25) is 5.02 Å². The first kappa shape index (κ1) is 19.8. The molecule has 0 saturated carbocycles. The molecule has 0 spiro atoms. The van der Waals surface area contributed by atoms with E-state index in [1.165, 1.54) is 12.1 Å². The molecule has 0 atom stereocenters. The number of halogens is 4. The summed E-state index contributed by atoms with van der Waals surface area (Å²) in [4.78, 5) is 12.0. The van der Waals surface area contributed by atoms with E-state index in [-0.39, 0.29) is 16.8 Å². The van der Waals surface area contributed by atoms with Crippen LogP contribution in [0.1, 0.15) is 25.0 Å². The second-order valence-electron chi connectivity index (χ2n) is 5.75. The normalized spacial score (nSPS) is 11.8. The van der Waals surface area contributed by atoms with Crippen LogP contribution in [0.15, 0.2) is 48.5 Å². The number of anilines is 1. The summed E-state index contributed by atoms with van der Waals surface area (Å²) in [5, 5.41) is 2.16. The molecule has 0 heterocycles. The van der Waals surface area contributed by atoms with Crippen LogP contribution in [-0.2, 0) is 11.0 Å². The highest BCUT2D eigenvalue weighted by molar-refractivity contribution is 6.30. The van der Waals surface area contributed by atoms with Crippen LogP contribution in [0.5, 0.6) is 5.75 Å². The molecule has 0 radical (unpaired) electrons. The molecule has 0 bridgehead atoms. The average Bonchev–Trinajstić information content (AvgIpc) is 2.53. The van der Waals surface area contributed by atoms with Crippen molar-refractivity contribution in [2.24, 2.45) is 0 Å². The molecule has 0 aliphatic rings. The van der Waals surface area contributed by atoms with E-state index in [9.17, 15) is 18.0 Å². The van der Waals surface area contributed by atoms with Crippen molar-refractivity contribution < 1.29 is 22.7 Å².